The van der Waals surface area contributed by atoms with E-state index in [2.05, 4.69) is 64.8 Å². The molecule has 5 atom stereocenters. The number of hydrogen-bond acceptors (Lipinski definition) is 3. The van der Waals surface area contributed by atoms with Gasteiger partial charge in [-0.25, -0.2) is 0 Å². The summed E-state index contributed by atoms with van der Waals surface area (Å²) in [7, 11) is 0. The molecule has 2 aliphatic heterocycles. The third-order valence-electron chi connectivity index (χ3n) is 7.04. The van der Waals surface area contributed by atoms with E-state index in [1.165, 1.54) is 11.1 Å². The SMILES string of the molecule is N[C@@H]1CCCC[C@@H]1C(=O)N1CC[C@H]2[C@H](c3ccccc3)Nc3ccccc3[C@@H]21. The number of amides is 1. The van der Waals surface area contributed by atoms with Crippen LogP contribution in [0.4, 0.5) is 5.69 Å². The molecule has 1 saturated carbocycles. The topological polar surface area (TPSA) is 58.4 Å². The molecule has 0 bridgehead atoms. The molecule has 5 rings (SSSR count). The predicted molar refractivity (Wildman–Crippen MR) is 112 cm³/mol. The Labute approximate surface area is 167 Å². The molecule has 0 unspecified atom stereocenters. The third-order valence-corrected chi connectivity index (χ3v) is 7.04. The van der Waals surface area contributed by atoms with Crippen LogP contribution in [0.5, 0.6) is 0 Å². The van der Waals surface area contributed by atoms with Crippen molar-refractivity contribution >= 4 is 11.6 Å². The summed E-state index contributed by atoms with van der Waals surface area (Å²) in [6.45, 7) is 0.830. The normalized spacial score (nSPS) is 31.6. The largest absolute Gasteiger partial charge is 0.378 e. The lowest BCUT2D eigenvalue weighted by Crippen LogP contribution is -2.46. The highest BCUT2D eigenvalue weighted by Gasteiger charge is 2.47. The predicted octanol–water partition coefficient (Wildman–Crippen LogP) is 4.26. The van der Waals surface area contributed by atoms with Gasteiger partial charge in [0, 0.05) is 24.2 Å². The van der Waals surface area contributed by atoms with E-state index in [4.69, 9.17) is 5.73 Å². The van der Waals surface area contributed by atoms with Crippen LogP contribution < -0.4 is 11.1 Å². The molecule has 1 amide bonds. The van der Waals surface area contributed by atoms with Gasteiger partial charge in [-0.05, 0) is 36.5 Å². The Morgan fingerprint density at radius 3 is 2.54 bits per heavy atom. The van der Waals surface area contributed by atoms with E-state index in [9.17, 15) is 4.79 Å². The molecule has 3 N–H and O–H groups in total. The lowest BCUT2D eigenvalue weighted by atomic mass is 9.79. The van der Waals surface area contributed by atoms with Gasteiger partial charge in [0.15, 0.2) is 0 Å². The molecule has 2 heterocycles. The van der Waals surface area contributed by atoms with E-state index in [-0.39, 0.29) is 30.0 Å². The number of nitrogens with one attached hydrogen (secondary N) is 1. The lowest BCUT2D eigenvalue weighted by Gasteiger charge is -2.41. The van der Waals surface area contributed by atoms with Crippen LogP contribution in [0.2, 0.25) is 0 Å². The van der Waals surface area contributed by atoms with E-state index < -0.39 is 0 Å². The number of nitrogens with two attached hydrogens (primary N) is 1. The van der Waals surface area contributed by atoms with Gasteiger partial charge in [-0.15, -0.1) is 0 Å². The van der Waals surface area contributed by atoms with Crippen molar-refractivity contribution in [1.82, 2.24) is 4.90 Å². The van der Waals surface area contributed by atoms with Crippen molar-refractivity contribution < 1.29 is 4.79 Å². The third kappa shape index (κ3) is 2.91. The van der Waals surface area contributed by atoms with Crippen LogP contribution in [0.3, 0.4) is 0 Å². The fraction of sp³-hybridized carbons (Fsp3) is 0.458. The second-order valence-corrected chi connectivity index (χ2v) is 8.60. The number of para-hydroxylation sites is 1. The highest BCUT2D eigenvalue weighted by Crippen LogP contribution is 2.51. The number of nitrogens with zero attached hydrogens (tertiary/aromatic N) is 1. The molecule has 0 aromatic heterocycles. The number of carbonyl (C=O) groups excluding carboxylic acids is 1. The van der Waals surface area contributed by atoms with Crippen LogP contribution in [0.25, 0.3) is 0 Å². The van der Waals surface area contributed by atoms with Gasteiger partial charge >= 0.3 is 0 Å². The van der Waals surface area contributed by atoms with Gasteiger partial charge < -0.3 is 16.0 Å². The van der Waals surface area contributed by atoms with Crippen LogP contribution in [-0.4, -0.2) is 23.4 Å². The number of hydrogen-bond donors (Lipinski definition) is 2. The minimum absolute atomic E-state index is 0.00952. The molecule has 2 aromatic carbocycles. The maximum absolute atomic E-state index is 13.5. The summed E-state index contributed by atoms with van der Waals surface area (Å²) in [5.41, 5.74) is 10.1. The van der Waals surface area contributed by atoms with Crippen LogP contribution in [-0.2, 0) is 4.79 Å². The molecule has 2 aromatic rings. The van der Waals surface area contributed by atoms with Gasteiger partial charge in [0.2, 0.25) is 5.91 Å². The zero-order valence-corrected chi connectivity index (χ0v) is 16.3. The number of anilines is 1. The molecule has 0 radical (unpaired) electrons. The zero-order chi connectivity index (χ0) is 19.1. The van der Waals surface area contributed by atoms with Crippen molar-refractivity contribution in [3.05, 3.63) is 65.7 Å². The van der Waals surface area contributed by atoms with Crippen LogP contribution in [0, 0.1) is 11.8 Å². The van der Waals surface area contributed by atoms with E-state index in [1.807, 2.05) is 0 Å². The first-order chi connectivity index (χ1) is 13.7. The summed E-state index contributed by atoms with van der Waals surface area (Å²) in [5.74, 6) is 0.661. The monoisotopic (exact) mass is 375 g/mol. The Bertz CT molecular complexity index is 852. The average Bonchev–Trinajstić information content (AvgIpc) is 3.19. The maximum Gasteiger partial charge on any atom is 0.227 e. The molecule has 2 fully saturated rings. The second kappa shape index (κ2) is 7.25. The van der Waals surface area contributed by atoms with Gasteiger partial charge in [-0.2, -0.15) is 0 Å². The highest BCUT2D eigenvalue weighted by molar-refractivity contribution is 5.81. The molecule has 0 spiro atoms. The molecule has 4 heteroatoms. The molecule has 4 nitrogen and oxygen atoms in total. The molecule has 1 aliphatic carbocycles. The number of rotatable bonds is 2. The average molecular weight is 376 g/mol. The van der Waals surface area contributed by atoms with Gasteiger partial charge in [0.25, 0.3) is 0 Å². The van der Waals surface area contributed by atoms with E-state index in [1.54, 1.807) is 0 Å². The molecule has 146 valence electrons. The molecule has 3 aliphatic rings. The van der Waals surface area contributed by atoms with Crippen molar-refractivity contribution in [2.24, 2.45) is 17.6 Å². The summed E-state index contributed by atoms with van der Waals surface area (Å²) in [6.07, 6.45) is 5.22. The first-order valence-corrected chi connectivity index (χ1v) is 10.7. The fourth-order valence-electron chi connectivity index (χ4n) is 5.64. The number of carbonyl (C=O) groups is 1. The van der Waals surface area contributed by atoms with Gasteiger partial charge in [-0.1, -0.05) is 61.4 Å². The Balaban J connectivity index is 1.51. The number of benzene rings is 2. The number of fused-ring (bicyclic) bond motifs is 3. The Hall–Kier alpha value is -2.33. The van der Waals surface area contributed by atoms with Crippen molar-refractivity contribution in [2.75, 3.05) is 11.9 Å². The molecular weight excluding hydrogens is 346 g/mol. The zero-order valence-electron chi connectivity index (χ0n) is 16.3. The minimum Gasteiger partial charge on any atom is -0.378 e. The Kier molecular flexibility index (Phi) is 4.59. The van der Waals surface area contributed by atoms with Crippen molar-refractivity contribution in [2.45, 2.75) is 50.2 Å². The van der Waals surface area contributed by atoms with E-state index >= 15 is 0 Å². The first-order valence-electron chi connectivity index (χ1n) is 10.7. The highest BCUT2D eigenvalue weighted by atomic mass is 16.2. The minimum atomic E-state index is -0.00952. The van der Waals surface area contributed by atoms with Crippen molar-refractivity contribution in [1.29, 1.82) is 0 Å². The Morgan fingerprint density at radius 1 is 0.964 bits per heavy atom. The molecule has 1 saturated heterocycles. The van der Waals surface area contributed by atoms with Crippen LogP contribution in [0.15, 0.2) is 54.6 Å². The van der Waals surface area contributed by atoms with Gasteiger partial charge in [-0.3, -0.25) is 4.79 Å². The van der Waals surface area contributed by atoms with E-state index in [0.717, 1.165) is 44.3 Å². The molecular formula is C24H29N3O. The molecule has 28 heavy (non-hydrogen) atoms. The maximum atomic E-state index is 13.5. The quantitative estimate of drug-likeness (QED) is 0.824. The standard InChI is InChI=1S/C24H29N3O/c25-20-12-6-4-10-17(20)24(28)27-15-14-19-22(16-8-2-1-3-9-16)26-21-13-7-5-11-18(21)23(19)27/h1-3,5,7-9,11,13,17,19-20,22-23,26H,4,6,10,12,14-15,25H2/t17-,19-,20+,22-,23-/m0/s1. The first kappa shape index (κ1) is 17.7. The Morgan fingerprint density at radius 2 is 1.71 bits per heavy atom. The number of likely N-dealkylation sites (tertiary alicyclic amines) is 1. The van der Waals surface area contributed by atoms with Gasteiger partial charge in [0.1, 0.15) is 0 Å². The summed E-state index contributed by atoms with van der Waals surface area (Å²) >= 11 is 0. The lowest BCUT2D eigenvalue weighted by molar-refractivity contribution is -0.138. The summed E-state index contributed by atoms with van der Waals surface area (Å²) < 4.78 is 0. The van der Waals surface area contributed by atoms with Crippen LogP contribution in [0.1, 0.15) is 55.3 Å². The fourth-order valence-corrected chi connectivity index (χ4v) is 5.64. The summed E-state index contributed by atoms with van der Waals surface area (Å²) in [5, 5.41) is 3.77. The smallest absolute Gasteiger partial charge is 0.227 e. The summed E-state index contributed by atoms with van der Waals surface area (Å²) in [6, 6.07) is 19.6. The van der Waals surface area contributed by atoms with Crippen LogP contribution >= 0.6 is 0 Å². The van der Waals surface area contributed by atoms with E-state index in [0.29, 0.717) is 5.92 Å². The second-order valence-electron chi connectivity index (χ2n) is 8.60. The van der Waals surface area contributed by atoms with Crippen molar-refractivity contribution in [3.8, 4) is 0 Å². The van der Waals surface area contributed by atoms with Crippen molar-refractivity contribution in [3.63, 3.8) is 0 Å². The summed E-state index contributed by atoms with van der Waals surface area (Å²) in [4.78, 5) is 15.7. The van der Waals surface area contributed by atoms with Gasteiger partial charge in [0.05, 0.1) is 18.0 Å².